The van der Waals surface area contributed by atoms with Crippen LogP contribution >= 0.6 is 11.3 Å². The molecule has 3 aromatic heterocycles. The van der Waals surface area contributed by atoms with Crippen LogP contribution in [0.4, 0.5) is 0 Å². The molecular formula is C27H24N4O3S. The predicted molar refractivity (Wildman–Crippen MR) is 136 cm³/mol. The fraction of sp³-hybridized carbons (Fsp3) is 0.148. The second-order valence-electron chi connectivity index (χ2n) is 7.84. The van der Waals surface area contributed by atoms with Crippen molar-refractivity contribution in [2.75, 3.05) is 13.2 Å². The summed E-state index contributed by atoms with van der Waals surface area (Å²) in [6.45, 7) is 1.23. The minimum Gasteiger partial charge on any atom is -0.490 e. The van der Waals surface area contributed by atoms with E-state index in [-0.39, 0.29) is 12.3 Å². The number of ether oxygens (including phenoxy) is 2. The van der Waals surface area contributed by atoms with Crippen molar-refractivity contribution in [3.05, 3.63) is 102 Å². The Balaban J connectivity index is 1.09. The van der Waals surface area contributed by atoms with E-state index in [1.165, 1.54) is 11.3 Å². The molecule has 7 nitrogen and oxygen atoms in total. The highest BCUT2D eigenvalue weighted by atomic mass is 32.1. The lowest BCUT2D eigenvalue weighted by molar-refractivity contribution is -0.120. The van der Waals surface area contributed by atoms with Gasteiger partial charge in [0, 0.05) is 41.6 Å². The van der Waals surface area contributed by atoms with Crippen molar-refractivity contribution >= 4 is 22.2 Å². The number of thiazole rings is 1. The molecule has 0 fully saturated rings. The van der Waals surface area contributed by atoms with E-state index in [0.29, 0.717) is 25.6 Å². The van der Waals surface area contributed by atoms with Gasteiger partial charge in [0.1, 0.15) is 19.0 Å². The minimum atomic E-state index is -0.0574. The third kappa shape index (κ3) is 5.85. The smallest absolute Gasteiger partial charge is 0.226 e. The second-order valence-corrected chi connectivity index (χ2v) is 8.68. The highest BCUT2D eigenvalue weighted by molar-refractivity contribution is 7.15. The van der Waals surface area contributed by atoms with Crippen LogP contribution in [0.25, 0.3) is 16.2 Å². The zero-order chi connectivity index (χ0) is 23.9. The molecule has 2 aromatic carbocycles. The maximum absolute atomic E-state index is 12.6. The van der Waals surface area contributed by atoms with Crippen LogP contribution in [-0.2, 0) is 17.8 Å². The molecule has 5 rings (SSSR count). The van der Waals surface area contributed by atoms with Gasteiger partial charge in [-0.05, 0) is 17.7 Å². The predicted octanol–water partition coefficient (Wildman–Crippen LogP) is 4.77. The van der Waals surface area contributed by atoms with Crippen LogP contribution in [0.5, 0.6) is 11.6 Å². The third-order valence-corrected chi connectivity index (χ3v) is 6.22. The molecule has 1 N–H and O–H groups in total. The highest BCUT2D eigenvalue weighted by Crippen LogP contribution is 2.23. The van der Waals surface area contributed by atoms with Gasteiger partial charge in [-0.15, -0.1) is 11.3 Å². The average molecular weight is 485 g/mol. The largest absolute Gasteiger partial charge is 0.490 e. The fourth-order valence-corrected chi connectivity index (χ4v) is 4.43. The topological polar surface area (TPSA) is 77.8 Å². The van der Waals surface area contributed by atoms with Gasteiger partial charge in [0.05, 0.1) is 12.1 Å². The molecule has 0 saturated heterocycles. The lowest BCUT2D eigenvalue weighted by Crippen LogP contribution is -2.25. The molecule has 0 unspecified atom stereocenters. The molecule has 0 bridgehead atoms. The van der Waals surface area contributed by atoms with Crippen molar-refractivity contribution in [1.82, 2.24) is 19.7 Å². The Kier molecular flexibility index (Phi) is 7.00. The summed E-state index contributed by atoms with van der Waals surface area (Å²) in [5.41, 5.74) is 3.77. The first-order chi connectivity index (χ1) is 17.2. The minimum absolute atomic E-state index is 0.0574. The Morgan fingerprint density at radius 3 is 2.49 bits per heavy atom. The van der Waals surface area contributed by atoms with Crippen molar-refractivity contribution in [1.29, 1.82) is 0 Å². The number of para-hydroxylation sites is 1. The molecule has 176 valence electrons. The van der Waals surface area contributed by atoms with Gasteiger partial charge in [0.25, 0.3) is 0 Å². The maximum Gasteiger partial charge on any atom is 0.226 e. The van der Waals surface area contributed by atoms with Gasteiger partial charge in [-0.3, -0.25) is 9.20 Å². The number of nitrogens with zero attached hydrogens (tertiary/aromatic N) is 3. The van der Waals surface area contributed by atoms with Gasteiger partial charge in [-0.2, -0.15) is 0 Å². The van der Waals surface area contributed by atoms with Crippen molar-refractivity contribution in [2.45, 2.75) is 13.0 Å². The standard InChI is InChI=1S/C27H24N4O3S/c32-25(15-22-19-35-27-30-24(18-31(22)27)21-7-3-1-4-8-21)28-16-20-11-12-26(29-17-20)34-14-13-33-23-9-5-2-6-10-23/h1-12,17-19H,13-16H2,(H,28,32). The number of aromatic nitrogens is 3. The number of benzene rings is 2. The Bertz CT molecular complexity index is 1380. The average Bonchev–Trinajstić information content (AvgIpc) is 3.49. The molecule has 0 aliphatic carbocycles. The number of rotatable bonds is 10. The van der Waals surface area contributed by atoms with Crippen LogP contribution in [0, 0.1) is 0 Å². The van der Waals surface area contributed by atoms with Gasteiger partial charge < -0.3 is 14.8 Å². The van der Waals surface area contributed by atoms with E-state index < -0.39 is 0 Å². The number of fused-ring (bicyclic) bond motifs is 1. The Morgan fingerprint density at radius 1 is 0.943 bits per heavy atom. The van der Waals surface area contributed by atoms with E-state index in [0.717, 1.165) is 33.2 Å². The molecule has 5 aromatic rings. The molecule has 0 radical (unpaired) electrons. The summed E-state index contributed by atoms with van der Waals surface area (Å²) >= 11 is 1.53. The molecule has 0 aliphatic rings. The molecule has 0 saturated carbocycles. The first kappa shape index (κ1) is 22.6. The zero-order valence-corrected chi connectivity index (χ0v) is 19.8. The van der Waals surface area contributed by atoms with E-state index in [1.54, 1.807) is 12.3 Å². The van der Waals surface area contributed by atoms with Crippen molar-refractivity contribution < 1.29 is 14.3 Å². The Hall–Kier alpha value is -4.17. The van der Waals surface area contributed by atoms with E-state index in [9.17, 15) is 4.79 Å². The Labute approximate surface area is 207 Å². The summed E-state index contributed by atoms with van der Waals surface area (Å²) < 4.78 is 13.2. The van der Waals surface area contributed by atoms with Crippen LogP contribution < -0.4 is 14.8 Å². The number of hydrogen-bond acceptors (Lipinski definition) is 6. The van der Waals surface area contributed by atoms with Gasteiger partial charge in [-0.1, -0.05) is 54.6 Å². The van der Waals surface area contributed by atoms with Crippen molar-refractivity contribution in [3.8, 4) is 22.9 Å². The van der Waals surface area contributed by atoms with E-state index in [4.69, 9.17) is 9.47 Å². The molecule has 1 amide bonds. The monoisotopic (exact) mass is 484 g/mol. The second kappa shape index (κ2) is 10.8. The van der Waals surface area contributed by atoms with E-state index in [2.05, 4.69) is 15.3 Å². The molecule has 35 heavy (non-hydrogen) atoms. The van der Waals surface area contributed by atoms with Crippen molar-refractivity contribution in [3.63, 3.8) is 0 Å². The molecule has 8 heteroatoms. The lowest BCUT2D eigenvalue weighted by Gasteiger charge is -2.08. The number of imidazole rings is 1. The number of pyridine rings is 1. The van der Waals surface area contributed by atoms with Crippen LogP contribution in [0.2, 0.25) is 0 Å². The molecule has 0 aliphatic heterocycles. The molecular weight excluding hydrogens is 460 g/mol. The summed E-state index contributed by atoms with van der Waals surface area (Å²) in [5, 5.41) is 4.94. The summed E-state index contributed by atoms with van der Waals surface area (Å²) in [6.07, 6.45) is 3.97. The number of carbonyl (C=O) groups is 1. The van der Waals surface area contributed by atoms with Crippen LogP contribution in [0.1, 0.15) is 11.3 Å². The quantitative estimate of drug-likeness (QED) is 0.289. The summed E-state index contributed by atoms with van der Waals surface area (Å²) in [4.78, 5) is 22.4. The summed E-state index contributed by atoms with van der Waals surface area (Å²) in [7, 11) is 0. The molecule has 0 atom stereocenters. The number of nitrogens with one attached hydrogen (secondary N) is 1. The summed E-state index contributed by atoms with van der Waals surface area (Å²) in [5.74, 6) is 1.27. The third-order valence-electron chi connectivity index (χ3n) is 5.33. The zero-order valence-electron chi connectivity index (χ0n) is 19.0. The number of amides is 1. The van der Waals surface area contributed by atoms with Gasteiger partial charge in [0.2, 0.25) is 11.8 Å². The SMILES string of the molecule is O=C(Cc1csc2nc(-c3ccccc3)cn12)NCc1ccc(OCCOc2ccccc2)nc1. The van der Waals surface area contributed by atoms with Crippen LogP contribution in [-0.4, -0.2) is 33.5 Å². The normalized spacial score (nSPS) is 10.9. The Morgan fingerprint density at radius 2 is 1.71 bits per heavy atom. The van der Waals surface area contributed by atoms with Crippen molar-refractivity contribution in [2.24, 2.45) is 0 Å². The lowest BCUT2D eigenvalue weighted by atomic mass is 10.2. The van der Waals surface area contributed by atoms with Gasteiger partial charge in [0.15, 0.2) is 4.96 Å². The summed E-state index contributed by atoms with van der Waals surface area (Å²) in [6, 6.07) is 23.3. The maximum atomic E-state index is 12.6. The first-order valence-electron chi connectivity index (χ1n) is 11.3. The van der Waals surface area contributed by atoms with E-state index in [1.807, 2.05) is 82.7 Å². The number of hydrogen-bond donors (Lipinski definition) is 1. The fourth-order valence-electron chi connectivity index (χ4n) is 3.56. The van der Waals surface area contributed by atoms with E-state index >= 15 is 0 Å². The molecule has 3 heterocycles. The highest BCUT2D eigenvalue weighted by Gasteiger charge is 2.12. The van der Waals surface area contributed by atoms with Crippen LogP contribution in [0.3, 0.4) is 0 Å². The molecule has 0 spiro atoms. The first-order valence-corrected chi connectivity index (χ1v) is 12.2. The van der Waals surface area contributed by atoms with Gasteiger partial charge >= 0.3 is 0 Å². The number of carbonyl (C=O) groups excluding carboxylic acids is 1. The van der Waals surface area contributed by atoms with Crippen LogP contribution in [0.15, 0.2) is 90.6 Å². The van der Waals surface area contributed by atoms with Gasteiger partial charge in [-0.25, -0.2) is 9.97 Å².